The number of pyridine rings is 1. The number of aromatic nitrogens is 2. The van der Waals surface area contributed by atoms with E-state index in [0.29, 0.717) is 5.92 Å². The molecule has 0 aliphatic rings. The molecule has 0 bridgehead atoms. The SMILES string of the molecule is CCC(C)Cn1c2ccccc2c2ncccc21. The van der Waals surface area contributed by atoms with E-state index in [-0.39, 0.29) is 0 Å². The van der Waals surface area contributed by atoms with Gasteiger partial charge in [0.2, 0.25) is 0 Å². The molecular formula is C16H18N2. The largest absolute Gasteiger partial charge is 0.339 e. The van der Waals surface area contributed by atoms with Gasteiger partial charge in [-0.3, -0.25) is 4.98 Å². The van der Waals surface area contributed by atoms with Gasteiger partial charge in [0.25, 0.3) is 0 Å². The van der Waals surface area contributed by atoms with E-state index in [4.69, 9.17) is 0 Å². The molecule has 0 aliphatic heterocycles. The molecule has 0 fully saturated rings. The first-order valence-electron chi connectivity index (χ1n) is 6.63. The molecule has 2 nitrogen and oxygen atoms in total. The Hall–Kier alpha value is -1.83. The molecule has 0 amide bonds. The Balaban J connectivity index is 2.31. The lowest BCUT2D eigenvalue weighted by atomic mass is 10.1. The van der Waals surface area contributed by atoms with Crippen molar-refractivity contribution in [3.8, 4) is 0 Å². The van der Waals surface area contributed by atoms with Crippen molar-refractivity contribution in [2.45, 2.75) is 26.8 Å². The van der Waals surface area contributed by atoms with Crippen molar-refractivity contribution in [2.24, 2.45) is 5.92 Å². The third kappa shape index (κ3) is 1.69. The third-order valence-electron chi connectivity index (χ3n) is 3.72. The van der Waals surface area contributed by atoms with Gasteiger partial charge in [0.15, 0.2) is 0 Å². The van der Waals surface area contributed by atoms with E-state index in [0.717, 1.165) is 12.1 Å². The zero-order valence-electron chi connectivity index (χ0n) is 10.9. The molecule has 0 radical (unpaired) electrons. The van der Waals surface area contributed by atoms with Crippen LogP contribution < -0.4 is 0 Å². The first-order chi connectivity index (χ1) is 8.81. The first-order valence-corrected chi connectivity index (χ1v) is 6.63. The Labute approximate surface area is 107 Å². The number of nitrogens with zero attached hydrogens (tertiary/aromatic N) is 2. The monoisotopic (exact) mass is 238 g/mol. The molecular weight excluding hydrogens is 220 g/mol. The molecule has 1 aromatic carbocycles. The minimum Gasteiger partial charge on any atom is -0.339 e. The second-order valence-corrected chi connectivity index (χ2v) is 5.01. The average Bonchev–Trinajstić information content (AvgIpc) is 2.74. The Morgan fingerprint density at radius 3 is 2.72 bits per heavy atom. The van der Waals surface area contributed by atoms with Crippen LogP contribution in [0.3, 0.4) is 0 Å². The lowest BCUT2D eigenvalue weighted by Crippen LogP contribution is -2.06. The third-order valence-corrected chi connectivity index (χ3v) is 3.72. The summed E-state index contributed by atoms with van der Waals surface area (Å²) in [5.74, 6) is 0.684. The zero-order chi connectivity index (χ0) is 12.5. The predicted octanol–water partition coefficient (Wildman–Crippen LogP) is 4.24. The maximum absolute atomic E-state index is 4.54. The highest BCUT2D eigenvalue weighted by molar-refractivity contribution is 6.05. The lowest BCUT2D eigenvalue weighted by molar-refractivity contribution is 0.485. The van der Waals surface area contributed by atoms with Crippen molar-refractivity contribution in [1.29, 1.82) is 0 Å². The number of fused-ring (bicyclic) bond motifs is 3. The van der Waals surface area contributed by atoms with Crippen LogP contribution in [0.1, 0.15) is 20.3 Å². The fourth-order valence-electron chi connectivity index (χ4n) is 2.50. The van der Waals surface area contributed by atoms with E-state index < -0.39 is 0 Å². The number of hydrogen-bond acceptors (Lipinski definition) is 1. The minimum atomic E-state index is 0.684. The van der Waals surface area contributed by atoms with Gasteiger partial charge in [-0.25, -0.2) is 0 Å². The summed E-state index contributed by atoms with van der Waals surface area (Å²) < 4.78 is 2.41. The quantitative estimate of drug-likeness (QED) is 0.667. The minimum absolute atomic E-state index is 0.684. The Kier molecular flexibility index (Phi) is 2.78. The molecule has 0 saturated heterocycles. The van der Waals surface area contributed by atoms with E-state index in [1.807, 2.05) is 12.3 Å². The standard InChI is InChI=1S/C16H18N2/c1-3-12(2)11-18-14-8-5-4-7-13(14)16-15(18)9-6-10-17-16/h4-10,12H,3,11H2,1-2H3. The molecule has 2 aromatic heterocycles. The molecule has 3 rings (SSSR count). The number of benzene rings is 1. The van der Waals surface area contributed by atoms with Crippen molar-refractivity contribution in [3.05, 3.63) is 42.6 Å². The average molecular weight is 238 g/mol. The Morgan fingerprint density at radius 1 is 1.11 bits per heavy atom. The van der Waals surface area contributed by atoms with Gasteiger partial charge < -0.3 is 4.57 Å². The van der Waals surface area contributed by atoms with E-state index >= 15 is 0 Å². The summed E-state index contributed by atoms with van der Waals surface area (Å²) in [6.07, 6.45) is 3.08. The summed E-state index contributed by atoms with van der Waals surface area (Å²) in [7, 11) is 0. The van der Waals surface area contributed by atoms with Crippen molar-refractivity contribution in [3.63, 3.8) is 0 Å². The predicted molar refractivity (Wildman–Crippen MR) is 76.7 cm³/mol. The second-order valence-electron chi connectivity index (χ2n) is 5.01. The first kappa shape index (κ1) is 11.3. The van der Waals surface area contributed by atoms with Gasteiger partial charge in [-0.1, -0.05) is 38.5 Å². The van der Waals surface area contributed by atoms with Gasteiger partial charge in [0, 0.05) is 18.1 Å². The number of rotatable bonds is 3. The van der Waals surface area contributed by atoms with Crippen LogP contribution >= 0.6 is 0 Å². The fraction of sp³-hybridized carbons (Fsp3) is 0.312. The fourth-order valence-corrected chi connectivity index (χ4v) is 2.50. The summed E-state index contributed by atoms with van der Waals surface area (Å²) in [6, 6.07) is 12.7. The van der Waals surface area contributed by atoms with Gasteiger partial charge in [-0.05, 0) is 24.1 Å². The maximum Gasteiger partial charge on any atom is 0.0959 e. The second kappa shape index (κ2) is 4.45. The summed E-state index contributed by atoms with van der Waals surface area (Å²) in [4.78, 5) is 4.54. The van der Waals surface area contributed by atoms with E-state index in [2.05, 4.69) is 53.7 Å². The summed E-state index contributed by atoms with van der Waals surface area (Å²) in [5.41, 5.74) is 3.67. The van der Waals surface area contributed by atoms with Crippen LogP contribution in [0.25, 0.3) is 21.9 Å². The van der Waals surface area contributed by atoms with Crippen LogP contribution in [-0.4, -0.2) is 9.55 Å². The summed E-state index contributed by atoms with van der Waals surface area (Å²) in [6.45, 7) is 5.61. The number of hydrogen-bond donors (Lipinski definition) is 0. The number of para-hydroxylation sites is 1. The molecule has 0 spiro atoms. The summed E-state index contributed by atoms with van der Waals surface area (Å²) >= 11 is 0. The molecule has 92 valence electrons. The zero-order valence-corrected chi connectivity index (χ0v) is 10.9. The van der Waals surface area contributed by atoms with Crippen molar-refractivity contribution in [2.75, 3.05) is 0 Å². The Bertz CT molecular complexity index is 628. The molecule has 0 aliphatic carbocycles. The molecule has 0 saturated carbocycles. The van der Waals surface area contributed by atoms with Crippen molar-refractivity contribution < 1.29 is 0 Å². The normalized spacial score (nSPS) is 13.2. The highest BCUT2D eigenvalue weighted by Gasteiger charge is 2.11. The van der Waals surface area contributed by atoms with E-state index in [9.17, 15) is 0 Å². The van der Waals surface area contributed by atoms with Crippen LogP contribution in [0.15, 0.2) is 42.6 Å². The smallest absolute Gasteiger partial charge is 0.0959 e. The highest BCUT2D eigenvalue weighted by Crippen LogP contribution is 2.28. The van der Waals surface area contributed by atoms with Crippen molar-refractivity contribution in [1.82, 2.24) is 9.55 Å². The topological polar surface area (TPSA) is 17.8 Å². The van der Waals surface area contributed by atoms with Gasteiger partial charge in [-0.2, -0.15) is 0 Å². The van der Waals surface area contributed by atoms with Crippen LogP contribution in [-0.2, 0) is 6.54 Å². The van der Waals surface area contributed by atoms with Crippen molar-refractivity contribution >= 4 is 21.9 Å². The molecule has 2 heterocycles. The molecule has 18 heavy (non-hydrogen) atoms. The maximum atomic E-state index is 4.54. The Morgan fingerprint density at radius 2 is 1.89 bits per heavy atom. The van der Waals surface area contributed by atoms with E-state index in [1.54, 1.807) is 0 Å². The van der Waals surface area contributed by atoms with E-state index in [1.165, 1.54) is 22.8 Å². The van der Waals surface area contributed by atoms with Gasteiger partial charge in [0.05, 0.1) is 16.6 Å². The van der Waals surface area contributed by atoms with Crippen LogP contribution in [0, 0.1) is 5.92 Å². The molecule has 1 unspecified atom stereocenters. The van der Waals surface area contributed by atoms with Gasteiger partial charge >= 0.3 is 0 Å². The van der Waals surface area contributed by atoms with Crippen LogP contribution in [0.2, 0.25) is 0 Å². The van der Waals surface area contributed by atoms with Crippen LogP contribution in [0.5, 0.6) is 0 Å². The summed E-state index contributed by atoms with van der Waals surface area (Å²) in [5, 5.41) is 1.26. The molecule has 0 N–H and O–H groups in total. The molecule has 1 atom stereocenters. The lowest BCUT2D eigenvalue weighted by Gasteiger charge is -2.12. The van der Waals surface area contributed by atoms with Gasteiger partial charge in [-0.15, -0.1) is 0 Å². The van der Waals surface area contributed by atoms with Crippen LogP contribution in [0.4, 0.5) is 0 Å². The highest BCUT2D eigenvalue weighted by atomic mass is 15.0. The molecule has 3 aromatic rings. The van der Waals surface area contributed by atoms with Gasteiger partial charge in [0.1, 0.15) is 0 Å². The molecule has 2 heteroatoms.